The van der Waals surface area contributed by atoms with E-state index in [0.717, 1.165) is 25.7 Å². The van der Waals surface area contributed by atoms with Crippen molar-refractivity contribution in [1.29, 1.82) is 0 Å². The van der Waals surface area contributed by atoms with Crippen LogP contribution in [0.2, 0.25) is 0 Å². The molecule has 0 radical (unpaired) electrons. The lowest BCUT2D eigenvalue weighted by Crippen LogP contribution is -2.25. The van der Waals surface area contributed by atoms with Gasteiger partial charge in [-0.25, -0.2) is 0 Å². The first kappa shape index (κ1) is 15.1. The van der Waals surface area contributed by atoms with Crippen molar-refractivity contribution in [2.75, 3.05) is 26.2 Å². The van der Waals surface area contributed by atoms with Crippen LogP contribution < -0.4 is 10.5 Å². The zero-order valence-electron chi connectivity index (χ0n) is 11.2. The Labute approximate surface area is 116 Å². The molecule has 20 heavy (non-hydrogen) atoms. The Hall–Kier alpha value is -1.27. The Kier molecular flexibility index (Phi) is 4.88. The molecule has 1 aliphatic heterocycles. The van der Waals surface area contributed by atoms with E-state index >= 15 is 0 Å². The molecule has 0 bridgehead atoms. The Balaban J connectivity index is 1.97. The standard InChI is InChI=1S/C14H19F3N2O/c15-14(16,17)13-9-12(4-3-11(13)10-18)20-8-7-19-5-1-2-6-19/h3-4,9H,1-2,5-8,10,18H2. The number of benzene rings is 1. The van der Waals surface area contributed by atoms with Gasteiger partial charge in [-0.05, 0) is 43.6 Å². The molecule has 0 amide bonds. The molecule has 0 unspecified atom stereocenters. The molecule has 0 atom stereocenters. The minimum absolute atomic E-state index is 0.0874. The van der Waals surface area contributed by atoms with Gasteiger partial charge in [0, 0.05) is 13.1 Å². The van der Waals surface area contributed by atoms with Gasteiger partial charge in [-0.2, -0.15) is 13.2 Å². The predicted molar refractivity (Wildman–Crippen MR) is 70.5 cm³/mol. The van der Waals surface area contributed by atoms with Crippen molar-refractivity contribution in [2.45, 2.75) is 25.6 Å². The van der Waals surface area contributed by atoms with Crippen LogP contribution in [0.3, 0.4) is 0 Å². The van der Waals surface area contributed by atoms with Gasteiger partial charge >= 0.3 is 6.18 Å². The number of likely N-dealkylation sites (tertiary alicyclic amines) is 1. The normalized spacial score (nSPS) is 16.6. The second kappa shape index (κ2) is 6.45. The maximum Gasteiger partial charge on any atom is 0.416 e. The van der Waals surface area contributed by atoms with Gasteiger partial charge in [-0.15, -0.1) is 0 Å². The summed E-state index contributed by atoms with van der Waals surface area (Å²) >= 11 is 0. The lowest BCUT2D eigenvalue weighted by atomic mass is 10.1. The molecule has 6 heteroatoms. The molecule has 1 aliphatic rings. The van der Waals surface area contributed by atoms with Gasteiger partial charge in [0.1, 0.15) is 12.4 Å². The summed E-state index contributed by atoms with van der Waals surface area (Å²) < 4.78 is 44.0. The second-order valence-electron chi connectivity index (χ2n) is 4.92. The average Bonchev–Trinajstić information content (AvgIpc) is 2.91. The van der Waals surface area contributed by atoms with E-state index in [1.54, 1.807) is 6.07 Å². The lowest BCUT2D eigenvalue weighted by molar-refractivity contribution is -0.138. The van der Waals surface area contributed by atoms with E-state index in [1.807, 2.05) is 0 Å². The van der Waals surface area contributed by atoms with Crippen LogP contribution >= 0.6 is 0 Å². The Morgan fingerprint density at radius 1 is 1.20 bits per heavy atom. The molecule has 2 N–H and O–H groups in total. The largest absolute Gasteiger partial charge is 0.492 e. The number of alkyl halides is 3. The van der Waals surface area contributed by atoms with Crippen molar-refractivity contribution in [3.8, 4) is 5.75 Å². The van der Waals surface area contributed by atoms with Crippen LogP contribution in [0.1, 0.15) is 24.0 Å². The molecule has 0 aliphatic carbocycles. The zero-order chi connectivity index (χ0) is 14.6. The van der Waals surface area contributed by atoms with E-state index in [2.05, 4.69) is 4.90 Å². The van der Waals surface area contributed by atoms with Gasteiger partial charge in [-0.1, -0.05) is 6.07 Å². The number of nitrogens with zero attached hydrogens (tertiary/aromatic N) is 1. The first-order valence-electron chi connectivity index (χ1n) is 6.76. The summed E-state index contributed by atoms with van der Waals surface area (Å²) in [5.74, 6) is 0.244. The fourth-order valence-electron chi connectivity index (χ4n) is 2.39. The third-order valence-corrected chi connectivity index (χ3v) is 3.48. The van der Waals surface area contributed by atoms with Crippen LogP contribution in [0.25, 0.3) is 0 Å². The monoisotopic (exact) mass is 288 g/mol. The molecule has 1 aromatic rings. The molecule has 1 heterocycles. The van der Waals surface area contributed by atoms with Gasteiger partial charge in [0.2, 0.25) is 0 Å². The predicted octanol–water partition coefficient (Wildman–Crippen LogP) is 2.64. The fraction of sp³-hybridized carbons (Fsp3) is 0.571. The zero-order valence-corrected chi connectivity index (χ0v) is 11.2. The Morgan fingerprint density at radius 2 is 1.90 bits per heavy atom. The van der Waals surface area contributed by atoms with Crippen molar-refractivity contribution in [3.63, 3.8) is 0 Å². The van der Waals surface area contributed by atoms with E-state index in [4.69, 9.17) is 10.5 Å². The van der Waals surface area contributed by atoms with Gasteiger partial charge in [0.15, 0.2) is 0 Å². The number of ether oxygens (including phenoxy) is 1. The van der Waals surface area contributed by atoms with E-state index in [9.17, 15) is 13.2 Å². The first-order chi connectivity index (χ1) is 9.50. The number of hydrogen-bond donors (Lipinski definition) is 1. The second-order valence-corrected chi connectivity index (χ2v) is 4.92. The molecule has 1 fully saturated rings. The van der Waals surface area contributed by atoms with Crippen molar-refractivity contribution in [1.82, 2.24) is 4.90 Å². The van der Waals surface area contributed by atoms with Gasteiger partial charge in [0.05, 0.1) is 5.56 Å². The summed E-state index contributed by atoms with van der Waals surface area (Å²) in [5.41, 5.74) is 4.71. The minimum atomic E-state index is -4.40. The summed E-state index contributed by atoms with van der Waals surface area (Å²) in [6, 6.07) is 3.96. The molecule has 0 spiro atoms. The molecule has 1 aromatic carbocycles. The minimum Gasteiger partial charge on any atom is -0.492 e. The van der Waals surface area contributed by atoms with Gasteiger partial charge in [0.25, 0.3) is 0 Å². The van der Waals surface area contributed by atoms with Crippen LogP contribution in [0.5, 0.6) is 5.75 Å². The van der Waals surface area contributed by atoms with E-state index in [-0.39, 0.29) is 17.9 Å². The van der Waals surface area contributed by atoms with E-state index in [1.165, 1.54) is 18.9 Å². The first-order valence-corrected chi connectivity index (χ1v) is 6.76. The molecule has 2 rings (SSSR count). The van der Waals surface area contributed by atoms with Crippen LogP contribution in [0.4, 0.5) is 13.2 Å². The number of rotatable bonds is 5. The van der Waals surface area contributed by atoms with E-state index in [0.29, 0.717) is 6.61 Å². The highest BCUT2D eigenvalue weighted by atomic mass is 19.4. The average molecular weight is 288 g/mol. The molecular formula is C14H19F3N2O. The maximum absolute atomic E-state index is 12.9. The number of nitrogens with two attached hydrogens (primary N) is 1. The summed E-state index contributed by atoms with van der Waals surface area (Å²) in [7, 11) is 0. The maximum atomic E-state index is 12.9. The Bertz CT molecular complexity index is 443. The van der Waals surface area contributed by atoms with Crippen LogP contribution in [0, 0.1) is 0 Å². The van der Waals surface area contributed by atoms with Crippen molar-refractivity contribution < 1.29 is 17.9 Å². The highest BCUT2D eigenvalue weighted by Crippen LogP contribution is 2.34. The SMILES string of the molecule is NCc1ccc(OCCN2CCCC2)cc1C(F)(F)F. The third kappa shape index (κ3) is 3.86. The van der Waals surface area contributed by atoms with E-state index < -0.39 is 11.7 Å². The van der Waals surface area contributed by atoms with Gasteiger partial charge in [-0.3, -0.25) is 4.90 Å². The molecule has 112 valence electrons. The van der Waals surface area contributed by atoms with Crippen LogP contribution in [-0.4, -0.2) is 31.1 Å². The fourth-order valence-corrected chi connectivity index (χ4v) is 2.39. The molecule has 0 aromatic heterocycles. The number of hydrogen-bond acceptors (Lipinski definition) is 3. The summed E-state index contributed by atoms with van der Waals surface area (Å²) in [5, 5.41) is 0. The molecule has 0 saturated carbocycles. The Morgan fingerprint density at radius 3 is 2.50 bits per heavy atom. The molecule has 3 nitrogen and oxygen atoms in total. The smallest absolute Gasteiger partial charge is 0.416 e. The molecule has 1 saturated heterocycles. The quantitative estimate of drug-likeness (QED) is 0.905. The van der Waals surface area contributed by atoms with Crippen molar-refractivity contribution >= 4 is 0 Å². The summed E-state index contributed by atoms with van der Waals surface area (Å²) in [6.45, 7) is 3.11. The van der Waals surface area contributed by atoms with Crippen LogP contribution in [-0.2, 0) is 12.7 Å². The topological polar surface area (TPSA) is 38.5 Å². The molecular weight excluding hydrogens is 269 g/mol. The highest BCUT2D eigenvalue weighted by Gasteiger charge is 2.33. The lowest BCUT2D eigenvalue weighted by Gasteiger charge is -2.17. The highest BCUT2D eigenvalue weighted by molar-refractivity contribution is 5.37. The summed E-state index contributed by atoms with van der Waals surface area (Å²) in [4.78, 5) is 2.25. The number of halogens is 3. The summed E-state index contributed by atoms with van der Waals surface area (Å²) in [6.07, 6.45) is -2.03. The van der Waals surface area contributed by atoms with Crippen molar-refractivity contribution in [2.24, 2.45) is 5.73 Å². The van der Waals surface area contributed by atoms with Crippen molar-refractivity contribution in [3.05, 3.63) is 29.3 Å². The van der Waals surface area contributed by atoms with Crippen LogP contribution in [0.15, 0.2) is 18.2 Å². The van der Waals surface area contributed by atoms with Gasteiger partial charge < -0.3 is 10.5 Å². The third-order valence-electron chi connectivity index (χ3n) is 3.48.